The number of nitrogens with zero attached hydrogens (tertiary/aromatic N) is 4. The zero-order chi connectivity index (χ0) is 18.5. The molecule has 0 spiro atoms. The minimum atomic E-state index is 0.416. The van der Waals surface area contributed by atoms with Gasteiger partial charge in [-0.1, -0.05) is 48.9 Å². The average molecular weight is 344 g/mol. The maximum Gasteiger partial charge on any atom is 0.0975 e. The summed E-state index contributed by atoms with van der Waals surface area (Å²) >= 11 is 0. The molecule has 0 unspecified atom stereocenters. The van der Waals surface area contributed by atoms with Crippen LogP contribution in [0.15, 0.2) is 54.7 Å². The van der Waals surface area contributed by atoms with E-state index in [-0.39, 0.29) is 0 Å². The molecule has 0 amide bonds. The Balaban J connectivity index is 2.08. The number of nitriles is 1. The van der Waals surface area contributed by atoms with Gasteiger partial charge in [0.1, 0.15) is 0 Å². The van der Waals surface area contributed by atoms with Gasteiger partial charge in [0, 0.05) is 23.9 Å². The van der Waals surface area contributed by atoms with Crippen LogP contribution in [0.1, 0.15) is 23.6 Å². The first-order valence-electron chi connectivity index (χ1n) is 8.93. The van der Waals surface area contributed by atoms with E-state index in [4.69, 9.17) is 10.4 Å². The summed E-state index contributed by atoms with van der Waals surface area (Å²) in [5, 5.41) is 14.0. The second kappa shape index (κ2) is 7.99. The molecule has 26 heavy (non-hydrogen) atoms. The summed E-state index contributed by atoms with van der Waals surface area (Å²) in [6, 6.07) is 18.9. The fourth-order valence-electron chi connectivity index (χ4n) is 3.16. The Bertz CT molecular complexity index is 919. The molecular weight excluding hydrogens is 320 g/mol. The second-order valence-electron chi connectivity index (χ2n) is 6.56. The van der Waals surface area contributed by atoms with Crippen LogP contribution in [0.25, 0.3) is 16.9 Å². The normalized spacial score (nSPS) is 10.9. The molecule has 0 aliphatic heterocycles. The van der Waals surface area contributed by atoms with Crippen LogP contribution in [0.2, 0.25) is 0 Å². The van der Waals surface area contributed by atoms with Crippen LogP contribution >= 0.6 is 0 Å². The smallest absolute Gasteiger partial charge is 0.0975 e. The molecule has 3 aromatic rings. The Hall–Kier alpha value is -2.90. The van der Waals surface area contributed by atoms with Crippen LogP contribution < -0.4 is 0 Å². The highest BCUT2D eigenvalue weighted by molar-refractivity contribution is 5.67. The van der Waals surface area contributed by atoms with Gasteiger partial charge in [-0.3, -0.25) is 4.90 Å². The standard InChI is InChI=1S/C22H24N4/c1-4-25(13-12-23)15-19-16-26(20-8-6-5-7-9-20)24-22(19)21-11-10-17(2)14-18(21)3/h5-11,14,16H,4,13,15H2,1-3H3. The van der Waals surface area contributed by atoms with Crippen molar-refractivity contribution in [1.29, 1.82) is 5.26 Å². The van der Waals surface area contributed by atoms with Crippen molar-refractivity contribution in [2.45, 2.75) is 27.3 Å². The molecule has 0 saturated heterocycles. The molecule has 0 saturated carbocycles. The number of rotatable bonds is 6. The third kappa shape index (κ3) is 3.84. The van der Waals surface area contributed by atoms with Crippen molar-refractivity contribution in [3.63, 3.8) is 0 Å². The maximum atomic E-state index is 9.08. The van der Waals surface area contributed by atoms with Crippen LogP contribution in [0.3, 0.4) is 0 Å². The maximum absolute atomic E-state index is 9.08. The number of benzene rings is 2. The quantitative estimate of drug-likeness (QED) is 0.618. The third-order valence-electron chi connectivity index (χ3n) is 4.58. The van der Waals surface area contributed by atoms with Crippen molar-refractivity contribution >= 4 is 0 Å². The van der Waals surface area contributed by atoms with Gasteiger partial charge in [0.15, 0.2) is 0 Å². The van der Waals surface area contributed by atoms with E-state index in [9.17, 15) is 0 Å². The van der Waals surface area contributed by atoms with Gasteiger partial charge in [-0.05, 0) is 38.1 Å². The van der Waals surface area contributed by atoms with Crippen LogP contribution in [0.5, 0.6) is 0 Å². The molecule has 3 rings (SSSR count). The molecule has 0 aliphatic rings. The number of aryl methyl sites for hydroxylation is 2. The van der Waals surface area contributed by atoms with Gasteiger partial charge in [0.25, 0.3) is 0 Å². The summed E-state index contributed by atoms with van der Waals surface area (Å²) in [6.07, 6.45) is 2.09. The number of para-hydroxylation sites is 1. The molecular formula is C22H24N4. The Morgan fingerprint density at radius 3 is 2.54 bits per heavy atom. The molecule has 4 heteroatoms. The Morgan fingerprint density at radius 1 is 1.12 bits per heavy atom. The largest absolute Gasteiger partial charge is 0.286 e. The SMILES string of the molecule is CCN(CC#N)Cc1cn(-c2ccccc2)nc1-c1ccc(C)cc1C. The van der Waals surface area contributed by atoms with Gasteiger partial charge < -0.3 is 0 Å². The minimum absolute atomic E-state index is 0.416. The lowest BCUT2D eigenvalue weighted by Crippen LogP contribution is -2.23. The predicted octanol–water partition coefficient (Wildman–Crippen LogP) is 4.50. The van der Waals surface area contributed by atoms with E-state index in [0.717, 1.165) is 29.1 Å². The lowest BCUT2D eigenvalue weighted by atomic mass is 10.0. The van der Waals surface area contributed by atoms with Crippen molar-refractivity contribution in [1.82, 2.24) is 14.7 Å². The first-order chi connectivity index (χ1) is 12.6. The highest BCUT2D eigenvalue weighted by atomic mass is 15.3. The molecule has 0 aliphatic carbocycles. The first kappa shape index (κ1) is 17.9. The van der Waals surface area contributed by atoms with E-state index in [1.807, 2.05) is 22.9 Å². The highest BCUT2D eigenvalue weighted by Crippen LogP contribution is 2.28. The molecule has 0 atom stereocenters. The molecule has 0 bridgehead atoms. The van der Waals surface area contributed by atoms with Crippen LogP contribution in [0, 0.1) is 25.2 Å². The van der Waals surface area contributed by atoms with Gasteiger partial charge in [-0.25, -0.2) is 4.68 Å². The summed E-state index contributed by atoms with van der Waals surface area (Å²) < 4.78 is 1.93. The third-order valence-corrected chi connectivity index (χ3v) is 4.58. The Morgan fingerprint density at radius 2 is 1.88 bits per heavy atom. The summed E-state index contributed by atoms with van der Waals surface area (Å²) in [6.45, 7) is 8.26. The lowest BCUT2D eigenvalue weighted by Gasteiger charge is -2.16. The van der Waals surface area contributed by atoms with E-state index in [0.29, 0.717) is 13.1 Å². The van der Waals surface area contributed by atoms with E-state index in [1.54, 1.807) is 0 Å². The van der Waals surface area contributed by atoms with Crippen LogP contribution in [-0.2, 0) is 6.54 Å². The number of hydrogen-bond donors (Lipinski definition) is 0. The summed E-state index contributed by atoms with van der Waals surface area (Å²) in [7, 11) is 0. The monoisotopic (exact) mass is 344 g/mol. The molecule has 1 aromatic heterocycles. The molecule has 1 heterocycles. The van der Waals surface area contributed by atoms with Gasteiger partial charge in [-0.15, -0.1) is 0 Å². The lowest BCUT2D eigenvalue weighted by molar-refractivity contribution is 0.315. The summed E-state index contributed by atoms with van der Waals surface area (Å²) in [5.74, 6) is 0. The zero-order valence-corrected chi connectivity index (χ0v) is 15.6. The Kier molecular flexibility index (Phi) is 5.50. The number of aromatic nitrogens is 2. The van der Waals surface area contributed by atoms with E-state index < -0.39 is 0 Å². The molecule has 0 N–H and O–H groups in total. The van der Waals surface area contributed by atoms with Gasteiger partial charge in [0.05, 0.1) is 24.0 Å². The minimum Gasteiger partial charge on any atom is -0.286 e. The number of hydrogen-bond acceptors (Lipinski definition) is 3. The van der Waals surface area contributed by atoms with Gasteiger partial charge in [0.2, 0.25) is 0 Å². The van der Waals surface area contributed by atoms with E-state index in [2.05, 4.69) is 68.3 Å². The van der Waals surface area contributed by atoms with Crippen LogP contribution in [-0.4, -0.2) is 27.8 Å². The molecule has 2 aromatic carbocycles. The van der Waals surface area contributed by atoms with Crippen LogP contribution in [0.4, 0.5) is 0 Å². The van der Waals surface area contributed by atoms with Crippen molar-refractivity contribution in [2.75, 3.05) is 13.1 Å². The van der Waals surface area contributed by atoms with Gasteiger partial charge >= 0.3 is 0 Å². The van der Waals surface area contributed by atoms with Crippen molar-refractivity contribution < 1.29 is 0 Å². The van der Waals surface area contributed by atoms with Crippen molar-refractivity contribution in [3.8, 4) is 23.0 Å². The molecule has 4 nitrogen and oxygen atoms in total. The fraction of sp³-hybridized carbons (Fsp3) is 0.273. The average Bonchev–Trinajstić information content (AvgIpc) is 3.05. The fourth-order valence-corrected chi connectivity index (χ4v) is 3.16. The summed E-state index contributed by atoms with van der Waals surface area (Å²) in [4.78, 5) is 2.12. The molecule has 0 radical (unpaired) electrons. The second-order valence-corrected chi connectivity index (χ2v) is 6.56. The summed E-state index contributed by atoms with van der Waals surface area (Å²) in [5.41, 5.74) is 6.77. The first-order valence-corrected chi connectivity index (χ1v) is 8.93. The highest BCUT2D eigenvalue weighted by Gasteiger charge is 2.16. The van der Waals surface area contributed by atoms with E-state index in [1.165, 1.54) is 11.1 Å². The topological polar surface area (TPSA) is 44.9 Å². The predicted molar refractivity (Wildman–Crippen MR) is 105 cm³/mol. The van der Waals surface area contributed by atoms with Gasteiger partial charge in [-0.2, -0.15) is 10.4 Å². The molecule has 132 valence electrons. The Labute approximate surface area is 155 Å². The van der Waals surface area contributed by atoms with Crippen molar-refractivity contribution in [3.05, 3.63) is 71.4 Å². The zero-order valence-electron chi connectivity index (χ0n) is 15.6. The van der Waals surface area contributed by atoms with E-state index >= 15 is 0 Å². The van der Waals surface area contributed by atoms with Crippen molar-refractivity contribution in [2.24, 2.45) is 0 Å². The molecule has 0 fully saturated rings.